The lowest BCUT2D eigenvalue weighted by molar-refractivity contribution is -0.137. The molecule has 2 aliphatic rings. The molecule has 0 saturated carbocycles. The van der Waals surface area contributed by atoms with Crippen LogP contribution >= 0.6 is 0 Å². The molecule has 27 heavy (non-hydrogen) atoms. The normalized spacial score (nSPS) is 21.3. The number of nitrogens with zero attached hydrogens (tertiary/aromatic N) is 7. The van der Waals surface area contributed by atoms with Gasteiger partial charge in [-0.05, 0) is 41.9 Å². The Balaban J connectivity index is 1.67. The SMILES string of the molecule is Fc1cc(C(F)(F)F)cc2c1nc(N1CCN3CCCC3C1)n1nnnc21. The number of hydrogen-bond acceptors (Lipinski definition) is 6. The van der Waals surface area contributed by atoms with Crippen LogP contribution in [0.5, 0.6) is 0 Å². The summed E-state index contributed by atoms with van der Waals surface area (Å²) in [5.41, 5.74) is -1.19. The third kappa shape index (κ3) is 2.59. The molecule has 1 unspecified atom stereocenters. The van der Waals surface area contributed by atoms with E-state index in [0.29, 0.717) is 31.1 Å². The molecule has 0 spiro atoms. The number of anilines is 1. The molecule has 0 amide bonds. The smallest absolute Gasteiger partial charge is 0.338 e. The van der Waals surface area contributed by atoms with Gasteiger partial charge in [-0.2, -0.15) is 17.7 Å². The monoisotopic (exact) mass is 381 g/mol. The van der Waals surface area contributed by atoms with Gasteiger partial charge in [-0.3, -0.25) is 4.90 Å². The maximum Gasteiger partial charge on any atom is 0.416 e. The van der Waals surface area contributed by atoms with Crippen molar-refractivity contribution in [1.29, 1.82) is 0 Å². The molecule has 1 aromatic carbocycles. The molecule has 0 radical (unpaired) electrons. The van der Waals surface area contributed by atoms with Crippen molar-refractivity contribution in [2.45, 2.75) is 25.1 Å². The molecule has 7 nitrogen and oxygen atoms in total. The lowest BCUT2D eigenvalue weighted by Gasteiger charge is -2.37. The fourth-order valence-corrected chi connectivity index (χ4v) is 4.06. The number of tetrazole rings is 1. The Morgan fingerprint density at radius 1 is 1.11 bits per heavy atom. The Labute approximate surface area is 150 Å². The van der Waals surface area contributed by atoms with Crippen LogP contribution in [0, 0.1) is 5.82 Å². The maximum atomic E-state index is 14.5. The van der Waals surface area contributed by atoms with Crippen LogP contribution in [0.4, 0.5) is 23.5 Å². The number of hydrogen-bond donors (Lipinski definition) is 0. The Morgan fingerprint density at radius 3 is 2.78 bits per heavy atom. The first-order valence-electron chi connectivity index (χ1n) is 8.69. The van der Waals surface area contributed by atoms with Gasteiger partial charge >= 0.3 is 6.18 Å². The zero-order valence-corrected chi connectivity index (χ0v) is 14.1. The van der Waals surface area contributed by atoms with E-state index in [0.717, 1.165) is 32.0 Å². The van der Waals surface area contributed by atoms with Crippen molar-refractivity contribution in [2.24, 2.45) is 0 Å². The van der Waals surface area contributed by atoms with E-state index in [-0.39, 0.29) is 16.6 Å². The Morgan fingerprint density at radius 2 is 1.96 bits per heavy atom. The van der Waals surface area contributed by atoms with E-state index >= 15 is 0 Å². The van der Waals surface area contributed by atoms with Gasteiger partial charge in [-0.15, -0.1) is 5.10 Å². The Bertz CT molecular complexity index is 1030. The zero-order chi connectivity index (χ0) is 18.8. The quantitative estimate of drug-likeness (QED) is 0.602. The van der Waals surface area contributed by atoms with Crippen molar-refractivity contribution >= 4 is 22.5 Å². The van der Waals surface area contributed by atoms with Crippen LogP contribution in [0.15, 0.2) is 12.1 Å². The minimum absolute atomic E-state index is 0.0597. The summed E-state index contributed by atoms with van der Waals surface area (Å²) in [7, 11) is 0. The second-order valence-corrected chi connectivity index (χ2v) is 6.96. The van der Waals surface area contributed by atoms with Crippen LogP contribution in [0.25, 0.3) is 16.6 Å². The van der Waals surface area contributed by atoms with Gasteiger partial charge in [0.2, 0.25) is 5.95 Å². The van der Waals surface area contributed by atoms with Crippen molar-refractivity contribution in [3.63, 3.8) is 0 Å². The fourth-order valence-electron chi connectivity index (χ4n) is 4.06. The van der Waals surface area contributed by atoms with Crippen molar-refractivity contribution in [2.75, 3.05) is 31.1 Å². The summed E-state index contributed by atoms with van der Waals surface area (Å²) in [6.45, 7) is 3.30. The predicted molar refractivity (Wildman–Crippen MR) is 87.9 cm³/mol. The van der Waals surface area contributed by atoms with Crippen molar-refractivity contribution in [3.05, 3.63) is 23.5 Å². The Kier molecular flexibility index (Phi) is 3.51. The third-order valence-corrected chi connectivity index (χ3v) is 5.37. The maximum absolute atomic E-state index is 14.5. The first kappa shape index (κ1) is 16.6. The highest BCUT2D eigenvalue weighted by atomic mass is 19.4. The average Bonchev–Trinajstić information content (AvgIpc) is 3.29. The van der Waals surface area contributed by atoms with Gasteiger partial charge in [-0.25, -0.2) is 9.37 Å². The Hall–Kier alpha value is -2.56. The molecular formula is C16H15F4N7. The van der Waals surface area contributed by atoms with Gasteiger partial charge in [0, 0.05) is 25.7 Å². The molecular weight excluding hydrogens is 366 g/mol. The van der Waals surface area contributed by atoms with Crippen molar-refractivity contribution < 1.29 is 17.6 Å². The number of aromatic nitrogens is 5. The molecule has 0 N–H and O–H groups in total. The molecule has 5 rings (SSSR count). The number of piperazine rings is 1. The van der Waals surface area contributed by atoms with E-state index in [4.69, 9.17) is 0 Å². The van der Waals surface area contributed by atoms with Gasteiger partial charge < -0.3 is 4.90 Å². The van der Waals surface area contributed by atoms with Gasteiger partial charge in [0.15, 0.2) is 5.65 Å². The van der Waals surface area contributed by atoms with E-state index < -0.39 is 17.6 Å². The zero-order valence-electron chi connectivity index (χ0n) is 14.1. The van der Waals surface area contributed by atoms with E-state index in [1.54, 1.807) is 0 Å². The number of fused-ring (bicyclic) bond motifs is 4. The summed E-state index contributed by atoms with van der Waals surface area (Å²) in [6.07, 6.45) is -2.46. The van der Waals surface area contributed by atoms with Crippen molar-refractivity contribution in [1.82, 2.24) is 29.9 Å². The fraction of sp³-hybridized carbons (Fsp3) is 0.500. The van der Waals surface area contributed by atoms with E-state index in [1.165, 1.54) is 4.52 Å². The topological polar surface area (TPSA) is 62.5 Å². The van der Waals surface area contributed by atoms with E-state index in [1.807, 2.05) is 4.90 Å². The molecule has 2 aliphatic heterocycles. The highest BCUT2D eigenvalue weighted by Crippen LogP contribution is 2.34. The van der Waals surface area contributed by atoms with Crippen molar-refractivity contribution in [3.8, 4) is 0 Å². The molecule has 0 bridgehead atoms. The van der Waals surface area contributed by atoms with Crippen LogP contribution in [0.2, 0.25) is 0 Å². The third-order valence-electron chi connectivity index (χ3n) is 5.37. The second-order valence-electron chi connectivity index (χ2n) is 6.96. The van der Waals surface area contributed by atoms with Gasteiger partial charge in [-0.1, -0.05) is 0 Å². The molecule has 3 aromatic rings. The molecule has 142 valence electrons. The molecule has 0 aliphatic carbocycles. The molecule has 1 atom stereocenters. The molecule has 11 heteroatoms. The number of rotatable bonds is 1. The highest BCUT2D eigenvalue weighted by molar-refractivity contribution is 5.93. The average molecular weight is 381 g/mol. The number of benzene rings is 1. The number of alkyl halides is 3. The predicted octanol–water partition coefficient (Wildman–Crippen LogP) is 2.11. The van der Waals surface area contributed by atoms with Gasteiger partial charge in [0.05, 0.1) is 10.9 Å². The standard InChI is InChI=1S/C16H15F4N7/c17-12-7-9(16(18,19)20)6-11-13(12)21-15(27-14(11)22-23-24-27)26-5-4-25-3-1-2-10(25)8-26/h6-7,10H,1-5,8H2. The lowest BCUT2D eigenvalue weighted by atomic mass is 10.1. The van der Waals surface area contributed by atoms with Crippen LogP contribution in [-0.4, -0.2) is 62.1 Å². The minimum atomic E-state index is -4.67. The summed E-state index contributed by atoms with van der Waals surface area (Å²) in [5.74, 6) is -0.682. The molecule has 2 aromatic heterocycles. The van der Waals surface area contributed by atoms with Gasteiger partial charge in [0.25, 0.3) is 0 Å². The first-order valence-corrected chi connectivity index (χ1v) is 8.69. The summed E-state index contributed by atoms with van der Waals surface area (Å²) >= 11 is 0. The largest absolute Gasteiger partial charge is 0.416 e. The number of halogens is 4. The summed E-state index contributed by atoms with van der Waals surface area (Å²) in [4.78, 5) is 8.71. The van der Waals surface area contributed by atoms with Crippen LogP contribution in [-0.2, 0) is 6.18 Å². The minimum Gasteiger partial charge on any atom is -0.338 e. The first-order chi connectivity index (χ1) is 12.9. The lowest BCUT2D eigenvalue weighted by Crippen LogP contribution is -2.51. The van der Waals surface area contributed by atoms with E-state index in [2.05, 4.69) is 25.4 Å². The summed E-state index contributed by atoms with van der Waals surface area (Å²) in [5, 5.41) is 11.2. The summed E-state index contributed by atoms with van der Waals surface area (Å²) < 4.78 is 55.0. The molecule has 4 heterocycles. The van der Waals surface area contributed by atoms with Crippen LogP contribution < -0.4 is 4.90 Å². The molecule has 2 fully saturated rings. The van der Waals surface area contributed by atoms with Crippen LogP contribution in [0.3, 0.4) is 0 Å². The van der Waals surface area contributed by atoms with Crippen LogP contribution in [0.1, 0.15) is 18.4 Å². The highest BCUT2D eigenvalue weighted by Gasteiger charge is 2.34. The van der Waals surface area contributed by atoms with E-state index in [9.17, 15) is 17.6 Å². The summed E-state index contributed by atoms with van der Waals surface area (Å²) in [6, 6.07) is 1.70. The molecule has 2 saturated heterocycles. The van der Waals surface area contributed by atoms with Gasteiger partial charge in [0.1, 0.15) is 11.3 Å². The second kappa shape index (κ2) is 5.72.